The van der Waals surface area contributed by atoms with Crippen LogP contribution in [0.2, 0.25) is 5.02 Å². The SMILES string of the molecule is COc1cc(OC)c(NC(=O)Cn2c(=O)n(CC(=O)Nc3ccccc3O)c(=O)c3ccccc32)cc1Cl. The number of phenols is 1. The first-order valence-electron chi connectivity index (χ1n) is 11.2. The van der Waals surface area contributed by atoms with Crippen LogP contribution < -0.4 is 31.4 Å². The van der Waals surface area contributed by atoms with Crippen LogP contribution in [-0.2, 0) is 22.7 Å². The first-order chi connectivity index (χ1) is 18.2. The average Bonchev–Trinajstić information content (AvgIpc) is 2.90. The largest absolute Gasteiger partial charge is 0.506 e. The zero-order valence-electron chi connectivity index (χ0n) is 20.4. The molecule has 0 spiro atoms. The summed E-state index contributed by atoms with van der Waals surface area (Å²) in [4.78, 5) is 52.1. The highest BCUT2D eigenvalue weighted by molar-refractivity contribution is 6.32. The van der Waals surface area contributed by atoms with Crippen molar-refractivity contribution in [3.63, 3.8) is 0 Å². The molecule has 0 saturated heterocycles. The topological polar surface area (TPSA) is 141 Å². The van der Waals surface area contributed by atoms with Gasteiger partial charge in [0.2, 0.25) is 11.8 Å². The van der Waals surface area contributed by atoms with Gasteiger partial charge in [0.15, 0.2) is 0 Å². The quantitative estimate of drug-likeness (QED) is 0.293. The van der Waals surface area contributed by atoms with Gasteiger partial charge in [0.05, 0.1) is 41.5 Å². The van der Waals surface area contributed by atoms with Gasteiger partial charge in [-0.2, -0.15) is 0 Å². The Kier molecular flexibility index (Phi) is 7.68. The van der Waals surface area contributed by atoms with Crippen LogP contribution in [0.5, 0.6) is 17.2 Å². The van der Waals surface area contributed by atoms with E-state index in [4.69, 9.17) is 21.1 Å². The fraction of sp³-hybridized carbons (Fsp3) is 0.154. The van der Waals surface area contributed by atoms with E-state index in [1.165, 1.54) is 50.6 Å². The fourth-order valence-corrected chi connectivity index (χ4v) is 4.11. The Morgan fingerprint density at radius 3 is 2.13 bits per heavy atom. The second-order valence-electron chi connectivity index (χ2n) is 8.08. The Balaban J connectivity index is 1.68. The summed E-state index contributed by atoms with van der Waals surface area (Å²) in [7, 11) is 2.85. The van der Waals surface area contributed by atoms with Crippen LogP contribution in [0.15, 0.2) is 70.3 Å². The van der Waals surface area contributed by atoms with E-state index in [1.807, 2.05) is 0 Å². The Morgan fingerprint density at radius 1 is 0.842 bits per heavy atom. The summed E-state index contributed by atoms with van der Waals surface area (Å²) in [5.74, 6) is -0.870. The molecular weight excluding hydrogens is 516 g/mol. The van der Waals surface area contributed by atoms with Crippen molar-refractivity contribution in [2.45, 2.75) is 13.1 Å². The van der Waals surface area contributed by atoms with E-state index in [2.05, 4.69) is 10.6 Å². The van der Waals surface area contributed by atoms with E-state index in [1.54, 1.807) is 24.3 Å². The van der Waals surface area contributed by atoms with E-state index in [-0.39, 0.29) is 38.8 Å². The van der Waals surface area contributed by atoms with Gasteiger partial charge in [-0.15, -0.1) is 0 Å². The number of carbonyl (C=O) groups is 2. The molecule has 3 aromatic carbocycles. The van der Waals surface area contributed by atoms with Crippen LogP contribution in [0.3, 0.4) is 0 Å². The van der Waals surface area contributed by atoms with Crippen molar-refractivity contribution in [2.24, 2.45) is 0 Å². The number of aromatic nitrogens is 2. The number of aromatic hydroxyl groups is 1. The first kappa shape index (κ1) is 26.3. The van der Waals surface area contributed by atoms with Gasteiger partial charge in [0.25, 0.3) is 5.56 Å². The number of fused-ring (bicyclic) bond motifs is 1. The van der Waals surface area contributed by atoms with Crippen molar-refractivity contribution < 1.29 is 24.2 Å². The highest BCUT2D eigenvalue weighted by Crippen LogP contribution is 2.35. The van der Waals surface area contributed by atoms with Crippen molar-refractivity contribution in [1.82, 2.24) is 9.13 Å². The van der Waals surface area contributed by atoms with Crippen molar-refractivity contribution in [2.75, 3.05) is 24.9 Å². The Labute approximate surface area is 220 Å². The third-order valence-corrected chi connectivity index (χ3v) is 5.96. The molecule has 38 heavy (non-hydrogen) atoms. The molecule has 1 aromatic heterocycles. The lowest BCUT2D eigenvalue weighted by molar-refractivity contribution is -0.117. The molecule has 0 bridgehead atoms. The predicted molar refractivity (Wildman–Crippen MR) is 142 cm³/mol. The molecule has 0 saturated carbocycles. The number of amides is 2. The van der Waals surface area contributed by atoms with Crippen molar-refractivity contribution in [3.8, 4) is 17.2 Å². The maximum absolute atomic E-state index is 13.4. The second-order valence-corrected chi connectivity index (χ2v) is 8.48. The molecule has 0 fully saturated rings. The number of rotatable bonds is 8. The highest BCUT2D eigenvalue weighted by atomic mass is 35.5. The second kappa shape index (κ2) is 11.1. The Hall–Kier alpha value is -4.77. The summed E-state index contributed by atoms with van der Waals surface area (Å²) < 4.78 is 12.3. The van der Waals surface area contributed by atoms with Gasteiger partial charge in [0.1, 0.15) is 30.3 Å². The van der Waals surface area contributed by atoms with Gasteiger partial charge < -0.3 is 25.2 Å². The van der Waals surface area contributed by atoms with Crippen LogP contribution in [0, 0.1) is 0 Å². The van der Waals surface area contributed by atoms with E-state index < -0.39 is 36.2 Å². The van der Waals surface area contributed by atoms with Crippen LogP contribution in [0.1, 0.15) is 0 Å². The normalized spacial score (nSPS) is 10.7. The summed E-state index contributed by atoms with van der Waals surface area (Å²) in [6, 6.07) is 15.2. The van der Waals surface area contributed by atoms with Gasteiger partial charge in [-0.1, -0.05) is 35.9 Å². The molecule has 0 atom stereocenters. The van der Waals surface area contributed by atoms with Gasteiger partial charge in [-0.25, -0.2) is 4.79 Å². The lowest BCUT2D eigenvalue weighted by atomic mass is 10.2. The van der Waals surface area contributed by atoms with E-state index in [0.717, 1.165) is 9.13 Å². The zero-order valence-corrected chi connectivity index (χ0v) is 21.1. The Morgan fingerprint density at radius 2 is 1.45 bits per heavy atom. The minimum Gasteiger partial charge on any atom is -0.506 e. The third kappa shape index (κ3) is 5.32. The molecule has 3 N–H and O–H groups in total. The van der Waals surface area contributed by atoms with E-state index in [9.17, 15) is 24.3 Å². The van der Waals surface area contributed by atoms with Crippen molar-refractivity contribution in [3.05, 3.63) is 86.5 Å². The number of phenolic OH excluding ortho intramolecular Hbond substituents is 1. The number of anilines is 2. The molecule has 196 valence electrons. The predicted octanol–water partition coefficient (Wildman–Crippen LogP) is 2.82. The Bertz CT molecular complexity index is 1660. The number of halogens is 1. The minimum atomic E-state index is -0.865. The summed E-state index contributed by atoms with van der Waals surface area (Å²) in [6.45, 7) is -1.12. The standard InChI is InChI=1S/C26H23ClN4O7/c1-37-21-12-22(38-2)18(11-16(21)27)29-23(33)13-30-19-9-5-3-7-15(19)25(35)31(26(30)36)14-24(34)28-17-8-4-6-10-20(17)32/h3-12,32H,13-14H2,1-2H3,(H,28,34)(H,29,33). The number of benzene rings is 3. The molecule has 4 rings (SSSR count). The molecule has 0 unspecified atom stereocenters. The van der Waals surface area contributed by atoms with Crippen molar-refractivity contribution in [1.29, 1.82) is 0 Å². The summed E-state index contributed by atoms with van der Waals surface area (Å²) in [6.07, 6.45) is 0. The molecule has 4 aromatic rings. The number of ether oxygens (including phenoxy) is 2. The first-order valence-corrected chi connectivity index (χ1v) is 11.6. The summed E-state index contributed by atoms with van der Waals surface area (Å²) in [5.41, 5.74) is -0.974. The van der Waals surface area contributed by atoms with Crippen LogP contribution in [-0.4, -0.2) is 40.3 Å². The molecule has 1 heterocycles. The number of hydrogen-bond donors (Lipinski definition) is 3. The number of carbonyl (C=O) groups excluding carboxylic acids is 2. The van der Waals surface area contributed by atoms with Crippen LogP contribution in [0.4, 0.5) is 11.4 Å². The minimum absolute atomic E-state index is 0.123. The highest BCUT2D eigenvalue weighted by Gasteiger charge is 2.19. The average molecular weight is 539 g/mol. The maximum Gasteiger partial charge on any atom is 0.332 e. The molecule has 11 nitrogen and oxygen atoms in total. The number of nitrogens with one attached hydrogen (secondary N) is 2. The molecular formula is C26H23ClN4O7. The van der Waals surface area contributed by atoms with Gasteiger partial charge in [-0.3, -0.25) is 23.5 Å². The van der Waals surface area contributed by atoms with Gasteiger partial charge >= 0.3 is 5.69 Å². The van der Waals surface area contributed by atoms with Crippen LogP contribution in [0.25, 0.3) is 10.9 Å². The number of para-hydroxylation sites is 3. The molecule has 0 aliphatic heterocycles. The van der Waals surface area contributed by atoms with Crippen molar-refractivity contribution >= 4 is 45.7 Å². The number of nitrogens with zero attached hydrogens (tertiary/aromatic N) is 2. The lowest BCUT2D eigenvalue weighted by Gasteiger charge is -2.16. The molecule has 12 heteroatoms. The smallest absolute Gasteiger partial charge is 0.332 e. The van der Waals surface area contributed by atoms with E-state index >= 15 is 0 Å². The third-order valence-electron chi connectivity index (χ3n) is 5.66. The van der Waals surface area contributed by atoms with E-state index in [0.29, 0.717) is 5.75 Å². The lowest BCUT2D eigenvalue weighted by Crippen LogP contribution is -2.44. The summed E-state index contributed by atoms with van der Waals surface area (Å²) in [5, 5.41) is 15.4. The van der Waals surface area contributed by atoms with Gasteiger partial charge in [0, 0.05) is 6.07 Å². The molecule has 2 amide bonds. The monoisotopic (exact) mass is 538 g/mol. The number of methoxy groups -OCH3 is 2. The zero-order chi connectivity index (χ0) is 27.4. The maximum atomic E-state index is 13.4. The van der Waals surface area contributed by atoms with Gasteiger partial charge in [-0.05, 0) is 30.3 Å². The summed E-state index contributed by atoms with van der Waals surface area (Å²) >= 11 is 6.18. The fourth-order valence-electron chi connectivity index (χ4n) is 3.87. The molecule has 0 aliphatic rings. The van der Waals surface area contributed by atoms with Crippen LogP contribution >= 0.6 is 11.6 Å². The molecule has 0 aliphatic carbocycles. The molecule has 0 radical (unpaired) electrons. The number of hydrogen-bond acceptors (Lipinski definition) is 7.